The van der Waals surface area contributed by atoms with E-state index < -0.39 is 60.6 Å². The summed E-state index contributed by atoms with van der Waals surface area (Å²) in [7, 11) is 0. The van der Waals surface area contributed by atoms with Crippen molar-refractivity contribution < 1.29 is 76.1 Å². The molecule has 16 nitrogen and oxygen atoms in total. The van der Waals surface area contributed by atoms with Crippen molar-refractivity contribution in [1.82, 2.24) is 0 Å². The average molecular weight is 727 g/mol. The van der Waals surface area contributed by atoms with E-state index in [1.165, 1.54) is 48.5 Å². The monoisotopic (exact) mass is 726 g/mol. The summed E-state index contributed by atoms with van der Waals surface area (Å²) in [4.78, 5) is 71.5. The molecule has 0 spiro atoms. The summed E-state index contributed by atoms with van der Waals surface area (Å²) in [6.07, 6.45) is -0.714. The van der Waals surface area contributed by atoms with Crippen molar-refractivity contribution in [2.45, 2.75) is 50.1 Å². The van der Waals surface area contributed by atoms with Gasteiger partial charge in [0, 0.05) is 12.2 Å². The fraction of sp³-hybridized carbons (Fsp3) is 0.389. The maximum atomic E-state index is 12.8. The molecule has 0 aromatic heterocycles. The minimum absolute atomic E-state index is 0.0176. The Bertz CT molecular complexity index is 1450. The topological polar surface area (TPSA) is 195 Å². The van der Waals surface area contributed by atoms with Crippen molar-refractivity contribution in [3.63, 3.8) is 0 Å². The zero-order valence-electron chi connectivity index (χ0n) is 28.1. The van der Waals surface area contributed by atoms with Crippen LogP contribution in [-0.2, 0) is 47.5 Å². The number of hydrogen-bond donors (Lipinski definition) is 0. The first-order valence-corrected chi connectivity index (χ1v) is 16.3. The predicted molar refractivity (Wildman–Crippen MR) is 176 cm³/mol. The Morgan fingerprint density at radius 2 is 0.904 bits per heavy atom. The van der Waals surface area contributed by atoms with E-state index in [-0.39, 0.29) is 62.3 Å². The number of hydrogen-bond acceptors (Lipinski definition) is 16. The predicted octanol–water partition coefficient (Wildman–Crippen LogP) is 4.28. The van der Waals surface area contributed by atoms with Crippen molar-refractivity contribution in [3.05, 3.63) is 85.0 Å². The second-order valence-corrected chi connectivity index (χ2v) is 11.1. The van der Waals surface area contributed by atoms with Crippen LogP contribution in [0.4, 0.5) is 9.59 Å². The Balaban J connectivity index is 1.14. The van der Waals surface area contributed by atoms with Crippen LogP contribution < -0.4 is 9.47 Å². The van der Waals surface area contributed by atoms with E-state index in [1.54, 1.807) is 0 Å². The van der Waals surface area contributed by atoms with Crippen LogP contribution in [0.5, 0.6) is 11.5 Å². The number of benzene rings is 2. The third kappa shape index (κ3) is 12.2. The van der Waals surface area contributed by atoms with Gasteiger partial charge in [-0.1, -0.05) is 13.2 Å². The second kappa shape index (κ2) is 20.2. The molecule has 2 heterocycles. The minimum Gasteiger partial charge on any atom is -0.463 e. The van der Waals surface area contributed by atoms with E-state index in [4.69, 9.17) is 47.4 Å². The zero-order valence-corrected chi connectivity index (χ0v) is 28.1. The van der Waals surface area contributed by atoms with Gasteiger partial charge in [-0.3, -0.25) is 0 Å². The van der Waals surface area contributed by atoms with E-state index in [9.17, 15) is 28.8 Å². The maximum absolute atomic E-state index is 12.8. The minimum atomic E-state index is -0.930. The van der Waals surface area contributed by atoms with Crippen LogP contribution in [0.3, 0.4) is 0 Å². The van der Waals surface area contributed by atoms with E-state index in [2.05, 4.69) is 13.2 Å². The van der Waals surface area contributed by atoms with E-state index in [0.29, 0.717) is 25.7 Å². The summed E-state index contributed by atoms with van der Waals surface area (Å²) in [6, 6.07) is 11.3. The van der Waals surface area contributed by atoms with Crippen LogP contribution in [0, 0.1) is 0 Å². The SMILES string of the molecule is C=CC(=O)OCCCCOC(=O)Oc1ccc(C(=O)O[C@H]2CO[C@@H]3[C@H]2OC[C@H]3OC(=O)c2ccc(OC(=O)OCCCCOC(=O)C=C)cc2)cc1. The highest BCUT2D eigenvalue weighted by molar-refractivity contribution is 5.90. The highest BCUT2D eigenvalue weighted by Crippen LogP contribution is 2.32. The molecule has 2 aliphatic rings. The normalized spacial score (nSPS) is 18.5. The Morgan fingerprint density at radius 3 is 1.25 bits per heavy atom. The Kier molecular flexibility index (Phi) is 15.2. The van der Waals surface area contributed by atoms with Crippen LogP contribution in [0.2, 0.25) is 0 Å². The number of carbonyl (C=O) groups is 6. The largest absolute Gasteiger partial charge is 0.513 e. The maximum Gasteiger partial charge on any atom is 0.513 e. The van der Waals surface area contributed by atoms with Gasteiger partial charge in [0.1, 0.15) is 23.7 Å². The molecule has 16 heteroatoms. The van der Waals surface area contributed by atoms with Gasteiger partial charge < -0.3 is 47.4 Å². The molecule has 0 amide bonds. The molecule has 0 unspecified atom stereocenters. The van der Waals surface area contributed by atoms with Gasteiger partial charge >= 0.3 is 36.2 Å². The van der Waals surface area contributed by atoms with Gasteiger partial charge in [-0.05, 0) is 74.2 Å². The molecule has 0 N–H and O–H groups in total. The fourth-order valence-corrected chi connectivity index (χ4v) is 4.79. The summed E-state index contributed by atoms with van der Waals surface area (Å²) in [5.74, 6) is -2.09. The molecule has 278 valence electrons. The van der Waals surface area contributed by atoms with E-state index >= 15 is 0 Å². The lowest BCUT2D eigenvalue weighted by molar-refractivity contribution is -0.138. The average Bonchev–Trinajstić information content (AvgIpc) is 3.74. The molecule has 0 aliphatic carbocycles. The van der Waals surface area contributed by atoms with Crippen LogP contribution in [-0.4, -0.2) is 100 Å². The second-order valence-electron chi connectivity index (χ2n) is 11.1. The molecular formula is C36H38O16. The number of carbonyl (C=O) groups excluding carboxylic acids is 6. The van der Waals surface area contributed by atoms with Crippen molar-refractivity contribution in [2.75, 3.05) is 39.6 Å². The standard InChI is InChI=1S/C36H38O16/c1-3-29(37)43-17-5-7-19-45-35(41)49-25-13-9-23(10-14-25)33(39)51-27-21-47-32-28(22-48-31(27)32)52-34(40)24-11-15-26(16-12-24)50-36(42)46-20-8-6-18-44-30(38)4-2/h3-4,9-16,27-28,31-32H,1-2,5-8,17-22H2/t27-,28+,31-,32-/m0/s1. The van der Waals surface area contributed by atoms with Crippen LogP contribution in [0.1, 0.15) is 46.4 Å². The first-order valence-electron chi connectivity index (χ1n) is 16.3. The smallest absolute Gasteiger partial charge is 0.463 e. The lowest BCUT2D eigenvalue weighted by Crippen LogP contribution is -2.36. The molecule has 2 aliphatic heterocycles. The molecule has 4 rings (SSSR count). The van der Waals surface area contributed by atoms with E-state index in [1.807, 2.05) is 0 Å². The van der Waals surface area contributed by atoms with E-state index in [0.717, 1.165) is 12.2 Å². The summed E-state index contributed by atoms with van der Waals surface area (Å²) >= 11 is 0. The molecule has 2 aromatic rings. The van der Waals surface area contributed by atoms with Gasteiger partial charge in [-0.15, -0.1) is 0 Å². The van der Waals surface area contributed by atoms with Gasteiger partial charge in [0.25, 0.3) is 0 Å². The number of unbranched alkanes of at least 4 members (excludes halogenated alkanes) is 2. The van der Waals surface area contributed by atoms with Gasteiger partial charge in [0.15, 0.2) is 12.2 Å². The van der Waals surface area contributed by atoms with Crippen molar-refractivity contribution in [3.8, 4) is 11.5 Å². The lowest BCUT2D eigenvalue weighted by Gasteiger charge is -2.17. The summed E-state index contributed by atoms with van der Waals surface area (Å²) in [6.45, 7) is 7.10. The molecule has 0 radical (unpaired) electrons. The van der Waals surface area contributed by atoms with Gasteiger partial charge in [0.05, 0.1) is 50.8 Å². The van der Waals surface area contributed by atoms with Crippen molar-refractivity contribution >= 4 is 36.2 Å². The van der Waals surface area contributed by atoms with Crippen LogP contribution >= 0.6 is 0 Å². The molecule has 0 saturated carbocycles. The Labute approximate surface area is 298 Å². The number of ether oxygens (including phenoxy) is 10. The van der Waals surface area contributed by atoms with Gasteiger partial charge in [-0.25, -0.2) is 28.8 Å². The first-order chi connectivity index (χ1) is 25.2. The Hall–Kier alpha value is -5.74. The quantitative estimate of drug-likeness (QED) is 0.0693. The van der Waals surface area contributed by atoms with Crippen molar-refractivity contribution in [2.24, 2.45) is 0 Å². The molecule has 4 atom stereocenters. The van der Waals surface area contributed by atoms with Crippen LogP contribution in [0.25, 0.3) is 0 Å². The summed E-state index contributed by atoms with van der Waals surface area (Å²) < 4.78 is 52.6. The zero-order chi connectivity index (χ0) is 37.3. The summed E-state index contributed by atoms with van der Waals surface area (Å²) in [5, 5.41) is 0. The summed E-state index contributed by atoms with van der Waals surface area (Å²) in [5.41, 5.74) is 0.368. The molecule has 2 saturated heterocycles. The molecule has 52 heavy (non-hydrogen) atoms. The highest BCUT2D eigenvalue weighted by Gasteiger charge is 2.51. The first kappa shape index (κ1) is 39.1. The highest BCUT2D eigenvalue weighted by atomic mass is 16.7. The van der Waals surface area contributed by atoms with Crippen LogP contribution in [0.15, 0.2) is 73.8 Å². The Morgan fingerprint density at radius 1 is 0.558 bits per heavy atom. The molecule has 2 aromatic carbocycles. The molecule has 0 bridgehead atoms. The molecule has 2 fully saturated rings. The number of rotatable bonds is 18. The van der Waals surface area contributed by atoms with Gasteiger partial charge in [0.2, 0.25) is 0 Å². The molecular weight excluding hydrogens is 688 g/mol. The van der Waals surface area contributed by atoms with Gasteiger partial charge in [-0.2, -0.15) is 0 Å². The van der Waals surface area contributed by atoms with Crippen molar-refractivity contribution in [1.29, 1.82) is 0 Å². The third-order valence-electron chi connectivity index (χ3n) is 7.40. The third-order valence-corrected chi connectivity index (χ3v) is 7.40. The fourth-order valence-electron chi connectivity index (χ4n) is 4.79. The number of fused-ring (bicyclic) bond motifs is 1. The lowest BCUT2D eigenvalue weighted by atomic mass is 10.1. The number of esters is 4.